The maximum Gasteiger partial charge on any atom is 0.297 e. The zero-order valence-electron chi connectivity index (χ0n) is 16.6. The van der Waals surface area contributed by atoms with Gasteiger partial charge in [0.1, 0.15) is 13.2 Å². The van der Waals surface area contributed by atoms with Crippen LogP contribution in [0.2, 0.25) is 5.02 Å². The Kier molecular flexibility index (Phi) is 5.49. The summed E-state index contributed by atoms with van der Waals surface area (Å²) in [6, 6.07) is 19.5. The number of benzene rings is 3. The lowest BCUT2D eigenvalue weighted by atomic mass is 10.0. The van der Waals surface area contributed by atoms with E-state index in [1.54, 1.807) is 31.2 Å². The van der Waals surface area contributed by atoms with Crippen LogP contribution in [0.4, 0.5) is 0 Å². The van der Waals surface area contributed by atoms with Gasteiger partial charge in [-0.15, -0.1) is 0 Å². The molecule has 7 heteroatoms. The van der Waals surface area contributed by atoms with Gasteiger partial charge in [0.15, 0.2) is 17.1 Å². The Morgan fingerprint density at radius 1 is 1.03 bits per heavy atom. The number of fused-ring (bicyclic) bond motifs is 1. The summed E-state index contributed by atoms with van der Waals surface area (Å²) >= 11 is 6.00. The maximum atomic E-state index is 12.6. The highest BCUT2D eigenvalue weighted by Crippen LogP contribution is 2.43. The molecule has 0 aromatic heterocycles. The number of aryl methyl sites for hydroxylation is 1. The van der Waals surface area contributed by atoms with Gasteiger partial charge in [-0.3, -0.25) is 4.18 Å². The van der Waals surface area contributed by atoms with Crippen molar-refractivity contribution >= 4 is 21.7 Å². The molecule has 30 heavy (non-hydrogen) atoms. The fourth-order valence-electron chi connectivity index (χ4n) is 3.14. The molecule has 4 rings (SSSR count). The molecule has 0 fully saturated rings. The van der Waals surface area contributed by atoms with Crippen molar-refractivity contribution < 1.29 is 22.1 Å². The molecule has 3 aromatic rings. The van der Waals surface area contributed by atoms with Gasteiger partial charge in [0, 0.05) is 10.6 Å². The lowest BCUT2D eigenvalue weighted by molar-refractivity contribution is -0.0244. The number of halogens is 1. The highest BCUT2D eigenvalue weighted by Gasteiger charge is 2.37. The van der Waals surface area contributed by atoms with Crippen molar-refractivity contribution in [3.05, 3.63) is 77.3 Å². The summed E-state index contributed by atoms with van der Waals surface area (Å²) in [6.07, 6.45) is 0. The Labute approximate surface area is 181 Å². The van der Waals surface area contributed by atoms with Crippen LogP contribution < -0.4 is 9.47 Å². The predicted molar refractivity (Wildman–Crippen MR) is 116 cm³/mol. The first-order chi connectivity index (χ1) is 14.3. The summed E-state index contributed by atoms with van der Waals surface area (Å²) < 4.78 is 42.6. The van der Waals surface area contributed by atoms with Crippen LogP contribution >= 0.6 is 11.6 Å². The number of ether oxygens (including phenoxy) is 2. The summed E-state index contributed by atoms with van der Waals surface area (Å²) in [6.45, 7) is 3.63. The fourth-order valence-corrected chi connectivity index (χ4v) is 4.28. The Morgan fingerprint density at radius 3 is 2.43 bits per heavy atom. The van der Waals surface area contributed by atoms with E-state index in [1.165, 1.54) is 12.1 Å². The Morgan fingerprint density at radius 2 is 1.73 bits per heavy atom. The summed E-state index contributed by atoms with van der Waals surface area (Å²) in [4.78, 5) is 0.107. The topological polar surface area (TPSA) is 61.8 Å². The third kappa shape index (κ3) is 4.31. The maximum absolute atomic E-state index is 12.6. The normalized spacial score (nSPS) is 18.2. The second-order valence-electron chi connectivity index (χ2n) is 7.51. The van der Waals surface area contributed by atoms with E-state index in [9.17, 15) is 8.42 Å². The zero-order chi connectivity index (χ0) is 21.4. The average molecular weight is 445 g/mol. The molecule has 1 aliphatic heterocycles. The standard InChI is InChI=1S/C23H21ClO5S/c1-16-6-12-19(13-7-16)30(25,26)28-15-23(2)14-27-21-5-3-4-20(22(21)29-23)17-8-10-18(24)11-9-17/h3-13H,14-15H2,1-2H3/t23-/m1/s1. The molecule has 0 N–H and O–H groups in total. The van der Waals surface area contributed by atoms with E-state index in [1.807, 2.05) is 37.3 Å². The smallest absolute Gasteiger partial charge is 0.297 e. The highest BCUT2D eigenvalue weighted by molar-refractivity contribution is 7.86. The molecule has 0 unspecified atom stereocenters. The van der Waals surface area contributed by atoms with Gasteiger partial charge in [0.25, 0.3) is 10.1 Å². The summed E-state index contributed by atoms with van der Waals surface area (Å²) in [7, 11) is -3.91. The van der Waals surface area contributed by atoms with E-state index < -0.39 is 15.7 Å². The third-order valence-electron chi connectivity index (χ3n) is 4.84. The lowest BCUT2D eigenvalue weighted by Crippen LogP contribution is -2.46. The third-order valence-corrected chi connectivity index (χ3v) is 6.37. The van der Waals surface area contributed by atoms with Crippen LogP contribution in [-0.4, -0.2) is 27.2 Å². The molecular formula is C23H21ClO5S. The highest BCUT2D eigenvalue weighted by atomic mass is 35.5. The van der Waals surface area contributed by atoms with Gasteiger partial charge in [-0.2, -0.15) is 8.42 Å². The molecule has 5 nitrogen and oxygen atoms in total. The molecule has 0 saturated carbocycles. The molecule has 156 valence electrons. The predicted octanol–water partition coefficient (Wildman–Crippen LogP) is 5.25. The van der Waals surface area contributed by atoms with Crippen molar-refractivity contribution in [2.24, 2.45) is 0 Å². The van der Waals surface area contributed by atoms with Crippen LogP contribution in [0, 0.1) is 6.92 Å². The molecule has 0 radical (unpaired) electrons. The number of hydrogen-bond acceptors (Lipinski definition) is 5. The van der Waals surface area contributed by atoms with E-state index in [4.69, 9.17) is 25.3 Å². The van der Waals surface area contributed by atoms with E-state index in [0.29, 0.717) is 16.5 Å². The van der Waals surface area contributed by atoms with E-state index in [2.05, 4.69) is 0 Å². The van der Waals surface area contributed by atoms with Crippen LogP contribution in [0.15, 0.2) is 71.6 Å². The van der Waals surface area contributed by atoms with Crippen molar-refractivity contribution in [3.8, 4) is 22.6 Å². The first-order valence-corrected chi connectivity index (χ1v) is 11.2. The average Bonchev–Trinajstić information content (AvgIpc) is 2.73. The van der Waals surface area contributed by atoms with E-state index in [-0.39, 0.29) is 18.1 Å². The quantitative estimate of drug-likeness (QED) is 0.503. The molecular weight excluding hydrogens is 424 g/mol. The van der Waals surface area contributed by atoms with Crippen molar-refractivity contribution in [1.82, 2.24) is 0 Å². The van der Waals surface area contributed by atoms with Crippen LogP contribution in [0.5, 0.6) is 11.5 Å². The van der Waals surface area contributed by atoms with Gasteiger partial charge in [0.2, 0.25) is 0 Å². The van der Waals surface area contributed by atoms with Crippen LogP contribution in [0.1, 0.15) is 12.5 Å². The number of para-hydroxylation sites is 1. The minimum Gasteiger partial charge on any atom is -0.485 e. The van der Waals surface area contributed by atoms with Gasteiger partial charge >= 0.3 is 0 Å². The second kappa shape index (κ2) is 7.95. The van der Waals surface area contributed by atoms with Gasteiger partial charge in [0.05, 0.1) is 4.90 Å². The Hall–Kier alpha value is -2.54. The number of hydrogen-bond donors (Lipinski definition) is 0. The van der Waals surface area contributed by atoms with Gasteiger partial charge < -0.3 is 9.47 Å². The first-order valence-electron chi connectivity index (χ1n) is 9.43. The van der Waals surface area contributed by atoms with Gasteiger partial charge in [-0.05, 0) is 49.7 Å². The van der Waals surface area contributed by atoms with Crippen LogP contribution in [0.3, 0.4) is 0 Å². The van der Waals surface area contributed by atoms with Crippen molar-refractivity contribution in [3.63, 3.8) is 0 Å². The largest absolute Gasteiger partial charge is 0.485 e. The van der Waals surface area contributed by atoms with Crippen LogP contribution in [0.25, 0.3) is 11.1 Å². The minimum atomic E-state index is -3.91. The summed E-state index contributed by atoms with van der Waals surface area (Å²) in [5, 5.41) is 0.639. The van der Waals surface area contributed by atoms with E-state index in [0.717, 1.165) is 16.7 Å². The van der Waals surface area contributed by atoms with Crippen molar-refractivity contribution in [2.45, 2.75) is 24.3 Å². The summed E-state index contributed by atoms with van der Waals surface area (Å²) in [5.41, 5.74) is 1.73. The first kappa shape index (κ1) is 20.7. The van der Waals surface area contributed by atoms with E-state index >= 15 is 0 Å². The molecule has 1 heterocycles. The Bertz CT molecular complexity index is 1160. The minimum absolute atomic E-state index is 0.107. The second-order valence-corrected chi connectivity index (χ2v) is 9.56. The SMILES string of the molecule is Cc1ccc(S(=O)(=O)OC[C@@]2(C)COc3cccc(-c4ccc(Cl)cc4)c3O2)cc1. The molecule has 1 aliphatic rings. The fraction of sp³-hybridized carbons (Fsp3) is 0.217. The molecule has 0 aliphatic carbocycles. The monoisotopic (exact) mass is 444 g/mol. The van der Waals surface area contributed by atoms with Crippen molar-refractivity contribution in [1.29, 1.82) is 0 Å². The zero-order valence-corrected chi connectivity index (χ0v) is 18.2. The van der Waals surface area contributed by atoms with Gasteiger partial charge in [-0.1, -0.05) is 53.6 Å². The van der Waals surface area contributed by atoms with Crippen molar-refractivity contribution in [2.75, 3.05) is 13.2 Å². The summed E-state index contributed by atoms with van der Waals surface area (Å²) in [5.74, 6) is 1.14. The Balaban J connectivity index is 1.57. The van der Waals surface area contributed by atoms with Crippen LogP contribution in [-0.2, 0) is 14.3 Å². The molecule has 1 atom stereocenters. The molecule has 0 spiro atoms. The lowest BCUT2D eigenvalue weighted by Gasteiger charge is -2.36. The molecule has 0 amide bonds. The molecule has 0 saturated heterocycles. The molecule has 3 aromatic carbocycles. The van der Waals surface area contributed by atoms with Gasteiger partial charge in [-0.25, -0.2) is 0 Å². The molecule has 0 bridgehead atoms. The number of rotatable bonds is 5.